The van der Waals surface area contributed by atoms with Crippen molar-refractivity contribution in [2.75, 3.05) is 0 Å². The maximum Gasteiger partial charge on any atom is 0.172 e. The number of carbonyl (C=O) groups excluding carboxylic acids is 1. The normalized spacial score (nSPS) is 15.9. The summed E-state index contributed by atoms with van der Waals surface area (Å²) in [6.45, 7) is 6.15. The molecular formula is C25H28O6. The van der Waals surface area contributed by atoms with Crippen molar-refractivity contribution in [2.24, 2.45) is 0 Å². The van der Waals surface area contributed by atoms with E-state index in [1.807, 2.05) is 13.0 Å². The first kappa shape index (κ1) is 22.3. The molecule has 2 aromatic rings. The standard InChI is InChI=1S/C25H28O6/c1-14(2)5-4-6-15(3)7-8-16-9-17(10-21(28)24(16)30)23-13-20(27)19-11-18(26)12-22(29)25(19)31-23/h5,7,9-12,23,26,28-30H,4,6,8,13H2,1-3H3/b15-7+/t23-/m1/s1. The van der Waals surface area contributed by atoms with E-state index in [1.54, 1.807) is 6.07 Å². The molecule has 1 heterocycles. The lowest BCUT2D eigenvalue weighted by Gasteiger charge is -2.26. The molecule has 1 atom stereocenters. The van der Waals surface area contributed by atoms with Gasteiger partial charge in [0, 0.05) is 11.6 Å². The molecule has 4 N–H and O–H groups in total. The number of allylic oxidation sites excluding steroid dienone is 4. The highest BCUT2D eigenvalue weighted by Gasteiger charge is 2.31. The van der Waals surface area contributed by atoms with Crippen LogP contribution in [0.25, 0.3) is 0 Å². The summed E-state index contributed by atoms with van der Waals surface area (Å²) >= 11 is 0. The molecule has 6 heteroatoms. The summed E-state index contributed by atoms with van der Waals surface area (Å²) in [5.41, 5.74) is 3.60. The molecule has 164 valence electrons. The number of rotatable bonds is 6. The molecule has 0 fully saturated rings. The fourth-order valence-corrected chi connectivity index (χ4v) is 3.60. The van der Waals surface area contributed by atoms with E-state index in [0.717, 1.165) is 18.9 Å². The lowest BCUT2D eigenvalue weighted by atomic mass is 9.93. The molecule has 0 bridgehead atoms. The second-order valence-electron chi connectivity index (χ2n) is 8.20. The van der Waals surface area contributed by atoms with Gasteiger partial charge in [-0.1, -0.05) is 23.3 Å². The minimum absolute atomic E-state index is 0.00294. The van der Waals surface area contributed by atoms with Crippen LogP contribution in [0.1, 0.15) is 67.6 Å². The Morgan fingerprint density at radius 2 is 1.77 bits per heavy atom. The van der Waals surface area contributed by atoms with Crippen molar-refractivity contribution in [1.29, 1.82) is 0 Å². The first-order chi connectivity index (χ1) is 14.7. The van der Waals surface area contributed by atoms with Gasteiger partial charge in [-0.25, -0.2) is 0 Å². The summed E-state index contributed by atoms with van der Waals surface area (Å²) < 4.78 is 5.83. The number of Topliss-reactive ketones (excluding diaryl/α,β-unsaturated/α-hetero) is 1. The van der Waals surface area contributed by atoms with E-state index in [4.69, 9.17) is 4.74 Å². The molecule has 0 aliphatic carbocycles. The van der Waals surface area contributed by atoms with Crippen LogP contribution in [0, 0.1) is 0 Å². The van der Waals surface area contributed by atoms with Crippen LogP contribution in [0.3, 0.4) is 0 Å². The van der Waals surface area contributed by atoms with E-state index in [1.165, 1.54) is 23.3 Å². The van der Waals surface area contributed by atoms with Gasteiger partial charge in [-0.2, -0.15) is 0 Å². The van der Waals surface area contributed by atoms with Gasteiger partial charge in [-0.3, -0.25) is 4.79 Å². The van der Waals surface area contributed by atoms with Crippen LogP contribution in [-0.4, -0.2) is 26.2 Å². The van der Waals surface area contributed by atoms with Crippen LogP contribution in [0.4, 0.5) is 0 Å². The third kappa shape index (κ3) is 5.20. The fourth-order valence-electron chi connectivity index (χ4n) is 3.60. The fraction of sp³-hybridized carbons (Fsp3) is 0.320. The van der Waals surface area contributed by atoms with E-state index >= 15 is 0 Å². The van der Waals surface area contributed by atoms with Gasteiger partial charge in [-0.05, 0) is 63.8 Å². The predicted octanol–water partition coefficient (Wildman–Crippen LogP) is 5.45. The van der Waals surface area contributed by atoms with E-state index in [-0.39, 0.29) is 46.5 Å². The number of fused-ring (bicyclic) bond motifs is 1. The summed E-state index contributed by atoms with van der Waals surface area (Å²) in [7, 11) is 0. The monoisotopic (exact) mass is 424 g/mol. The number of ketones is 1. The highest BCUT2D eigenvalue weighted by molar-refractivity contribution is 6.01. The Balaban J connectivity index is 1.84. The van der Waals surface area contributed by atoms with E-state index in [9.17, 15) is 25.2 Å². The number of phenols is 4. The van der Waals surface area contributed by atoms with Crippen LogP contribution in [-0.2, 0) is 6.42 Å². The topological polar surface area (TPSA) is 107 Å². The maximum atomic E-state index is 12.5. The number of phenolic OH excluding ortho intramolecular Hbond substituents is 4. The molecule has 0 saturated heterocycles. The molecule has 3 rings (SSSR count). The summed E-state index contributed by atoms with van der Waals surface area (Å²) in [4.78, 5) is 12.5. The molecule has 0 amide bonds. The summed E-state index contributed by atoms with van der Waals surface area (Å²) in [6.07, 6.45) is 5.70. The average Bonchev–Trinajstić information content (AvgIpc) is 2.69. The third-order valence-corrected chi connectivity index (χ3v) is 5.31. The maximum absolute atomic E-state index is 12.5. The van der Waals surface area contributed by atoms with Crippen LogP contribution >= 0.6 is 0 Å². The molecule has 1 aliphatic heterocycles. The molecule has 1 aliphatic rings. The molecule has 0 spiro atoms. The Kier molecular flexibility index (Phi) is 6.59. The minimum Gasteiger partial charge on any atom is -0.508 e. The summed E-state index contributed by atoms with van der Waals surface area (Å²) in [5, 5.41) is 40.2. The number of carbonyl (C=O) groups is 1. The molecule has 0 radical (unpaired) electrons. The van der Waals surface area contributed by atoms with E-state index < -0.39 is 6.10 Å². The van der Waals surface area contributed by atoms with Gasteiger partial charge in [-0.15, -0.1) is 0 Å². The molecule has 0 saturated carbocycles. The molecule has 6 nitrogen and oxygen atoms in total. The van der Waals surface area contributed by atoms with E-state index in [0.29, 0.717) is 17.5 Å². The molecule has 31 heavy (non-hydrogen) atoms. The smallest absolute Gasteiger partial charge is 0.172 e. The lowest BCUT2D eigenvalue weighted by molar-refractivity contribution is 0.0841. The Bertz CT molecular complexity index is 1060. The molecular weight excluding hydrogens is 396 g/mol. The molecule has 2 aromatic carbocycles. The summed E-state index contributed by atoms with van der Waals surface area (Å²) in [6, 6.07) is 5.44. The summed E-state index contributed by atoms with van der Waals surface area (Å²) in [5.74, 6) is -1.33. The highest BCUT2D eigenvalue weighted by Crippen LogP contribution is 2.44. The number of aromatic hydroxyl groups is 4. The van der Waals surface area contributed by atoms with E-state index in [2.05, 4.69) is 19.9 Å². The van der Waals surface area contributed by atoms with Crippen molar-refractivity contribution in [3.63, 3.8) is 0 Å². The largest absolute Gasteiger partial charge is 0.508 e. The van der Waals surface area contributed by atoms with Gasteiger partial charge in [0.05, 0.1) is 12.0 Å². The number of benzene rings is 2. The van der Waals surface area contributed by atoms with Crippen molar-refractivity contribution < 1.29 is 30.0 Å². The zero-order valence-electron chi connectivity index (χ0n) is 18.0. The SMILES string of the molecule is CC(C)=CCC/C(C)=C/Cc1cc([C@H]2CC(=O)c3cc(O)cc(O)c3O2)cc(O)c1O. The number of ether oxygens (including phenoxy) is 1. The van der Waals surface area contributed by atoms with Crippen molar-refractivity contribution in [3.8, 4) is 28.7 Å². The lowest BCUT2D eigenvalue weighted by Crippen LogP contribution is -2.20. The van der Waals surface area contributed by atoms with Gasteiger partial charge >= 0.3 is 0 Å². The van der Waals surface area contributed by atoms with Crippen LogP contribution in [0.5, 0.6) is 28.7 Å². The van der Waals surface area contributed by atoms with Gasteiger partial charge < -0.3 is 25.2 Å². The molecule has 0 unspecified atom stereocenters. The predicted molar refractivity (Wildman–Crippen MR) is 118 cm³/mol. The Morgan fingerprint density at radius 3 is 2.48 bits per heavy atom. The van der Waals surface area contributed by atoms with Crippen molar-refractivity contribution in [2.45, 2.75) is 52.6 Å². The Labute approximate surface area is 181 Å². The minimum atomic E-state index is -0.733. The Hall–Kier alpha value is -3.41. The zero-order chi connectivity index (χ0) is 22.7. The van der Waals surface area contributed by atoms with Gasteiger partial charge in [0.15, 0.2) is 28.8 Å². The second-order valence-corrected chi connectivity index (χ2v) is 8.20. The second kappa shape index (κ2) is 9.16. The third-order valence-electron chi connectivity index (χ3n) is 5.31. The highest BCUT2D eigenvalue weighted by atomic mass is 16.5. The van der Waals surface area contributed by atoms with Gasteiger partial charge in [0.1, 0.15) is 11.9 Å². The van der Waals surface area contributed by atoms with Gasteiger partial charge in [0.25, 0.3) is 0 Å². The first-order valence-electron chi connectivity index (χ1n) is 10.2. The van der Waals surface area contributed by atoms with Crippen LogP contribution in [0.15, 0.2) is 47.6 Å². The van der Waals surface area contributed by atoms with Gasteiger partial charge in [0.2, 0.25) is 0 Å². The zero-order valence-corrected chi connectivity index (χ0v) is 18.0. The average molecular weight is 424 g/mol. The Morgan fingerprint density at radius 1 is 1.03 bits per heavy atom. The van der Waals surface area contributed by atoms with Crippen LogP contribution in [0.2, 0.25) is 0 Å². The first-order valence-corrected chi connectivity index (χ1v) is 10.2. The molecule has 0 aromatic heterocycles. The number of hydrogen-bond acceptors (Lipinski definition) is 6. The van der Waals surface area contributed by atoms with Crippen molar-refractivity contribution in [3.05, 3.63) is 64.3 Å². The van der Waals surface area contributed by atoms with Crippen LogP contribution < -0.4 is 4.74 Å². The van der Waals surface area contributed by atoms with Crippen molar-refractivity contribution >= 4 is 5.78 Å². The number of hydrogen-bond donors (Lipinski definition) is 4. The van der Waals surface area contributed by atoms with Crippen molar-refractivity contribution in [1.82, 2.24) is 0 Å². The quantitative estimate of drug-likeness (QED) is 0.363.